The molecule has 0 spiro atoms. The van der Waals surface area contributed by atoms with Crippen molar-refractivity contribution in [2.24, 2.45) is 5.41 Å². The summed E-state index contributed by atoms with van der Waals surface area (Å²) in [5, 5.41) is 0.212. The van der Waals surface area contributed by atoms with Gasteiger partial charge in [-0.1, -0.05) is 19.9 Å². The Balaban J connectivity index is 2.15. The van der Waals surface area contributed by atoms with Crippen molar-refractivity contribution in [3.8, 4) is 11.5 Å². The van der Waals surface area contributed by atoms with Gasteiger partial charge in [0.05, 0.1) is 7.11 Å². The summed E-state index contributed by atoms with van der Waals surface area (Å²) in [6.45, 7) is 6.40. The Morgan fingerprint density at radius 1 is 1.39 bits per heavy atom. The Morgan fingerprint density at radius 3 is 2.67 bits per heavy atom. The topological polar surface area (TPSA) is 18.5 Å². The molecule has 0 radical (unpaired) electrons. The molecule has 0 saturated heterocycles. The summed E-state index contributed by atoms with van der Waals surface area (Å²) in [5.41, 5.74) is 1.23. The zero-order valence-corrected chi connectivity index (χ0v) is 12.3. The molecule has 3 unspecified atom stereocenters. The molecule has 3 atom stereocenters. The van der Waals surface area contributed by atoms with Gasteiger partial charge in [0.2, 0.25) is 0 Å². The van der Waals surface area contributed by atoms with Gasteiger partial charge in [-0.25, -0.2) is 0 Å². The van der Waals surface area contributed by atoms with E-state index in [0.29, 0.717) is 0 Å². The van der Waals surface area contributed by atoms with Crippen molar-refractivity contribution in [2.75, 3.05) is 7.11 Å². The number of alkyl halides is 1. The van der Waals surface area contributed by atoms with Gasteiger partial charge >= 0.3 is 0 Å². The number of benzene rings is 1. The molecule has 1 aliphatic rings. The van der Waals surface area contributed by atoms with Crippen LogP contribution in [0.1, 0.15) is 32.3 Å². The van der Waals surface area contributed by atoms with Crippen LogP contribution >= 0.6 is 11.6 Å². The molecule has 2 nitrogen and oxygen atoms in total. The molecule has 100 valence electrons. The van der Waals surface area contributed by atoms with Gasteiger partial charge < -0.3 is 9.47 Å². The minimum absolute atomic E-state index is 0.0669. The van der Waals surface area contributed by atoms with Crippen LogP contribution in [0.25, 0.3) is 0 Å². The standard InChI is InChI=1S/C15H21ClO2/c1-5-15(3)13(16)9-14(15)18-11-7-6-10(2)8-12(11)17-4/h6-8,13-14H,5,9H2,1-4H3. The van der Waals surface area contributed by atoms with Crippen LogP contribution < -0.4 is 9.47 Å². The summed E-state index contributed by atoms with van der Waals surface area (Å²) >= 11 is 6.30. The first-order chi connectivity index (χ1) is 8.51. The number of ether oxygens (including phenoxy) is 2. The van der Waals surface area contributed by atoms with Crippen molar-refractivity contribution in [1.29, 1.82) is 0 Å². The zero-order chi connectivity index (χ0) is 13.3. The molecular weight excluding hydrogens is 248 g/mol. The summed E-state index contributed by atoms with van der Waals surface area (Å²) in [5.74, 6) is 1.61. The molecule has 3 heteroatoms. The molecule has 18 heavy (non-hydrogen) atoms. The van der Waals surface area contributed by atoms with E-state index in [1.807, 2.05) is 25.1 Å². The highest BCUT2D eigenvalue weighted by molar-refractivity contribution is 6.21. The molecule has 0 bridgehead atoms. The van der Waals surface area contributed by atoms with E-state index in [-0.39, 0.29) is 16.9 Å². The first-order valence-corrected chi connectivity index (χ1v) is 6.90. The van der Waals surface area contributed by atoms with E-state index >= 15 is 0 Å². The minimum atomic E-state index is 0.0669. The van der Waals surface area contributed by atoms with Crippen LogP contribution in [0.4, 0.5) is 0 Å². The highest BCUT2D eigenvalue weighted by atomic mass is 35.5. The normalized spacial score (nSPS) is 30.7. The zero-order valence-electron chi connectivity index (χ0n) is 11.5. The molecule has 1 aromatic rings. The van der Waals surface area contributed by atoms with E-state index in [1.165, 1.54) is 5.56 Å². The fourth-order valence-electron chi connectivity index (χ4n) is 2.42. The molecule has 2 rings (SSSR count). The van der Waals surface area contributed by atoms with Gasteiger partial charge in [0.1, 0.15) is 6.10 Å². The third-order valence-corrected chi connectivity index (χ3v) is 4.90. The van der Waals surface area contributed by atoms with E-state index in [4.69, 9.17) is 21.1 Å². The van der Waals surface area contributed by atoms with Crippen LogP contribution in [-0.2, 0) is 0 Å². The van der Waals surface area contributed by atoms with Gasteiger partial charge in [0.15, 0.2) is 11.5 Å². The summed E-state index contributed by atoms with van der Waals surface area (Å²) in [4.78, 5) is 0. The Bertz CT molecular complexity index is 433. The van der Waals surface area contributed by atoms with Gasteiger partial charge in [-0.3, -0.25) is 0 Å². The van der Waals surface area contributed by atoms with Crippen molar-refractivity contribution in [3.05, 3.63) is 23.8 Å². The van der Waals surface area contributed by atoms with Crippen LogP contribution in [0.5, 0.6) is 11.5 Å². The van der Waals surface area contributed by atoms with Crippen molar-refractivity contribution in [3.63, 3.8) is 0 Å². The molecule has 1 saturated carbocycles. The lowest BCUT2D eigenvalue weighted by molar-refractivity contribution is -0.0307. The molecule has 0 N–H and O–H groups in total. The third kappa shape index (κ3) is 2.18. The van der Waals surface area contributed by atoms with Gasteiger partial charge in [-0.05, 0) is 31.0 Å². The average Bonchev–Trinajstić information content (AvgIpc) is 2.38. The first-order valence-electron chi connectivity index (χ1n) is 6.46. The quantitative estimate of drug-likeness (QED) is 0.763. The second kappa shape index (κ2) is 5.00. The Labute approximate surface area is 114 Å². The van der Waals surface area contributed by atoms with Gasteiger partial charge in [0.25, 0.3) is 0 Å². The van der Waals surface area contributed by atoms with Crippen molar-refractivity contribution in [2.45, 2.75) is 45.1 Å². The summed E-state index contributed by atoms with van der Waals surface area (Å²) < 4.78 is 11.5. The SMILES string of the molecule is CCC1(C)C(Cl)CC1Oc1ccc(C)cc1OC. The third-order valence-electron chi connectivity index (χ3n) is 4.22. The molecule has 0 amide bonds. The smallest absolute Gasteiger partial charge is 0.161 e. The lowest BCUT2D eigenvalue weighted by Gasteiger charge is -2.50. The van der Waals surface area contributed by atoms with Gasteiger partial charge in [0, 0.05) is 17.2 Å². The van der Waals surface area contributed by atoms with Crippen molar-refractivity contribution < 1.29 is 9.47 Å². The molecule has 0 heterocycles. The van der Waals surface area contributed by atoms with Crippen LogP contribution in [0.2, 0.25) is 0 Å². The van der Waals surface area contributed by atoms with Crippen LogP contribution in [0.3, 0.4) is 0 Å². The lowest BCUT2D eigenvalue weighted by atomic mass is 9.65. The Kier molecular flexibility index (Phi) is 3.76. The first kappa shape index (κ1) is 13.5. The Morgan fingerprint density at radius 2 is 2.11 bits per heavy atom. The average molecular weight is 269 g/mol. The summed E-state index contributed by atoms with van der Waals surface area (Å²) in [6.07, 6.45) is 2.12. The van der Waals surface area contributed by atoms with E-state index < -0.39 is 0 Å². The van der Waals surface area contributed by atoms with Gasteiger partial charge in [-0.2, -0.15) is 0 Å². The molecule has 1 aromatic carbocycles. The second-order valence-electron chi connectivity index (χ2n) is 5.32. The monoisotopic (exact) mass is 268 g/mol. The number of aryl methyl sites for hydroxylation is 1. The number of rotatable bonds is 4. The molecule has 0 aromatic heterocycles. The summed E-state index contributed by atoms with van der Waals surface area (Å²) in [6, 6.07) is 6.01. The number of methoxy groups -OCH3 is 1. The number of hydrogen-bond acceptors (Lipinski definition) is 2. The van der Waals surface area contributed by atoms with Crippen LogP contribution in [-0.4, -0.2) is 18.6 Å². The second-order valence-corrected chi connectivity index (χ2v) is 5.85. The summed E-state index contributed by atoms with van der Waals surface area (Å²) in [7, 11) is 1.67. The lowest BCUT2D eigenvalue weighted by Crippen LogP contribution is -2.55. The van der Waals surface area contributed by atoms with Gasteiger partial charge in [-0.15, -0.1) is 11.6 Å². The maximum Gasteiger partial charge on any atom is 0.161 e. The van der Waals surface area contributed by atoms with E-state index in [2.05, 4.69) is 13.8 Å². The molecule has 1 aliphatic carbocycles. The van der Waals surface area contributed by atoms with E-state index in [9.17, 15) is 0 Å². The maximum atomic E-state index is 6.30. The molecule has 1 fully saturated rings. The van der Waals surface area contributed by atoms with Crippen LogP contribution in [0.15, 0.2) is 18.2 Å². The molecular formula is C15H21ClO2. The van der Waals surface area contributed by atoms with Crippen molar-refractivity contribution >= 4 is 11.6 Å². The van der Waals surface area contributed by atoms with E-state index in [1.54, 1.807) is 7.11 Å². The highest BCUT2D eigenvalue weighted by Crippen LogP contribution is 2.49. The largest absolute Gasteiger partial charge is 0.493 e. The van der Waals surface area contributed by atoms with Crippen LogP contribution in [0, 0.1) is 12.3 Å². The Hall–Kier alpha value is -0.890. The van der Waals surface area contributed by atoms with Crippen molar-refractivity contribution in [1.82, 2.24) is 0 Å². The minimum Gasteiger partial charge on any atom is -0.493 e. The highest BCUT2D eigenvalue weighted by Gasteiger charge is 2.51. The number of hydrogen-bond donors (Lipinski definition) is 0. The predicted octanol–water partition coefficient (Wildman–Crippen LogP) is 4.18. The number of halogens is 1. The fourth-order valence-corrected chi connectivity index (χ4v) is 2.88. The predicted molar refractivity (Wildman–Crippen MR) is 74.8 cm³/mol. The maximum absolute atomic E-state index is 6.30. The fraction of sp³-hybridized carbons (Fsp3) is 0.600. The molecule has 0 aliphatic heterocycles. The van der Waals surface area contributed by atoms with E-state index in [0.717, 1.165) is 24.3 Å².